The second-order valence-corrected chi connectivity index (χ2v) is 13.0. The zero-order valence-electron chi connectivity index (χ0n) is 19.9. The molecular formula is C24H45F3. The molecule has 0 atom stereocenters. The lowest BCUT2D eigenvalue weighted by molar-refractivity contribution is -0.215. The van der Waals surface area contributed by atoms with Gasteiger partial charge in [-0.2, -0.15) is 13.2 Å². The van der Waals surface area contributed by atoms with Crippen LogP contribution in [0.1, 0.15) is 115 Å². The van der Waals surface area contributed by atoms with Crippen LogP contribution >= 0.6 is 0 Å². The molecule has 0 spiro atoms. The second kappa shape index (κ2) is 6.94. The Morgan fingerprint density at radius 1 is 0.481 bits per heavy atom. The average molecular weight is 391 g/mol. The van der Waals surface area contributed by atoms with E-state index < -0.39 is 17.0 Å². The first-order chi connectivity index (χ1) is 11.6. The van der Waals surface area contributed by atoms with Crippen LogP contribution in [-0.2, 0) is 0 Å². The fourth-order valence-corrected chi connectivity index (χ4v) is 3.46. The van der Waals surface area contributed by atoms with Gasteiger partial charge in [0.05, 0.1) is 5.41 Å². The summed E-state index contributed by atoms with van der Waals surface area (Å²) in [5.41, 5.74) is 0.464. The number of rotatable bonds is 0. The van der Waals surface area contributed by atoms with Gasteiger partial charge in [-0.1, -0.05) is 76.2 Å². The van der Waals surface area contributed by atoms with E-state index >= 15 is 0 Å². The Morgan fingerprint density at radius 2 is 0.741 bits per heavy atom. The Bertz CT molecular complexity index is 443. The van der Waals surface area contributed by atoms with Crippen molar-refractivity contribution in [1.29, 1.82) is 0 Å². The van der Waals surface area contributed by atoms with E-state index in [1.54, 1.807) is 20.8 Å². The monoisotopic (exact) mass is 390 g/mol. The third-order valence-electron chi connectivity index (χ3n) is 8.35. The van der Waals surface area contributed by atoms with Crippen LogP contribution in [0.25, 0.3) is 0 Å². The normalized spacial score (nSPS) is 24.7. The molecule has 3 aliphatic carbocycles. The molecule has 3 rings (SSSR count). The van der Waals surface area contributed by atoms with E-state index in [1.807, 2.05) is 0 Å². The quantitative estimate of drug-likeness (QED) is 0.387. The Hall–Kier alpha value is -0.210. The highest BCUT2D eigenvalue weighted by Gasteiger charge is 2.68. The molecule has 0 heterocycles. The zero-order valence-corrected chi connectivity index (χ0v) is 19.9. The predicted molar refractivity (Wildman–Crippen MR) is 111 cm³/mol. The van der Waals surface area contributed by atoms with Crippen LogP contribution in [0.5, 0.6) is 0 Å². The molecule has 3 fully saturated rings. The smallest absolute Gasteiger partial charge is 0.170 e. The van der Waals surface area contributed by atoms with E-state index in [-0.39, 0.29) is 0 Å². The molecule has 0 aromatic heterocycles. The fourth-order valence-electron chi connectivity index (χ4n) is 3.46. The molecule has 27 heavy (non-hydrogen) atoms. The van der Waals surface area contributed by atoms with Crippen LogP contribution in [-0.4, -0.2) is 6.18 Å². The summed E-state index contributed by atoms with van der Waals surface area (Å²) in [4.78, 5) is 0. The van der Waals surface area contributed by atoms with Gasteiger partial charge in [0.15, 0.2) is 0 Å². The van der Waals surface area contributed by atoms with Gasteiger partial charge < -0.3 is 0 Å². The fraction of sp³-hybridized carbons (Fsp3) is 1.00. The molecular weight excluding hydrogens is 345 g/mol. The third kappa shape index (κ3) is 5.66. The highest BCUT2D eigenvalue weighted by Crippen LogP contribution is 2.67. The lowest BCUT2D eigenvalue weighted by atomic mass is 9.77. The average Bonchev–Trinajstić information content (AvgIpc) is 3.25. The minimum Gasteiger partial charge on any atom is -0.170 e. The van der Waals surface area contributed by atoms with Gasteiger partial charge in [-0.05, 0) is 65.6 Å². The summed E-state index contributed by atoms with van der Waals surface area (Å²) in [6.07, 6.45) is 2.37. The summed E-state index contributed by atoms with van der Waals surface area (Å²) in [6.45, 7) is 23.7. The lowest BCUT2D eigenvalue weighted by Crippen LogP contribution is -2.36. The van der Waals surface area contributed by atoms with Gasteiger partial charge in [-0.3, -0.25) is 0 Å². The minimum atomic E-state index is -4.01. The van der Waals surface area contributed by atoms with Gasteiger partial charge in [0.25, 0.3) is 0 Å². The van der Waals surface area contributed by atoms with Gasteiger partial charge >= 0.3 is 6.18 Å². The molecule has 3 saturated carbocycles. The van der Waals surface area contributed by atoms with E-state index in [1.165, 1.54) is 25.7 Å². The van der Waals surface area contributed by atoms with E-state index in [2.05, 4.69) is 55.4 Å². The molecule has 0 aromatic carbocycles. The van der Waals surface area contributed by atoms with Crippen molar-refractivity contribution >= 4 is 0 Å². The number of hydrogen-bond acceptors (Lipinski definition) is 0. The maximum atomic E-state index is 12.4. The van der Waals surface area contributed by atoms with E-state index in [0.717, 1.165) is 0 Å². The first kappa shape index (κ1) is 24.8. The molecule has 162 valence electrons. The van der Waals surface area contributed by atoms with Crippen molar-refractivity contribution in [3.8, 4) is 0 Å². The standard InChI is InChI=1S/C8H13F3.2C8H16/c1-6(2,3)7(4-5-7)8(9,10)11;2*1-7(2,3)8(4)5-6-8/h4-5H2,1-3H3;2*5-6H2,1-4H3. The highest BCUT2D eigenvalue weighted by molar-refractivity contribution is 5.06. The molecule has 3 heteroatoms. The molecule has 0 radical (unpaired) electrons. The molecule has 0 nitrogen and oxygen atoms in total. The van der Waals surface area contributed by atoms with E-state index in [9.17, 15) is 13.2 Å². The van der Waals surface area contributed by atoms with Crippen molar-refractivity contribution < 1.29 is 13.2 Å². The van der Waals surface area contributed by atoms with Gasteiger partial charge in [0, 0.05) is 0 Å². The van der Waals surface area contributed by atoms with Crippen molar-refractivity contribution in [3.05, 3.63) is 0 Å². The third-order valence-corrected chi connectivity index (χ3v) is 8.35. The predicted octanol–water partition coefficient (Wildman–Crippen LogP) is 9.04. The van der Waals surface area contributed by atoms with E-state index in [4.69, 9.17) is 0 Å². The summed E-state index contributed by atoms with van der Waals surface area (Å²) < 4.78 is 37.2. The van der Waals surface area contributed by atoms with Crippen molar-refractivity contribution in [1.82, 2.24) is 0 Å². The van der Waals surface area contributed by atoms with Crippen molar-refractivity contribution in [2.45, 2.75) is 121 Å². The molecule has 0 saturated heterocycles. The second-order valence-electron chi connectivity index (χ2n) is 13.0. The molecule has 0 N–H and O–H groups in total. The van der Waals surface area contributed by atoms with Gasteiger partial charge in [0.2, 0.25) is 0 Å². The molecule has 0 aromatic rings. The summed E-state index contributed by atoms with van der Waals surface area (Å²) >= 11 is 0. The van der Waals surface area contributed by atoms with Crippen LogP contribution in [0.3, 0.4) is 0 Å². The maximum absolute atomic E-state index is 12.4. The Balaban J connectivity index is 0.000000206. The minimum absolute atomic E-state index is 0.306. The first-order valence-electron chi connectivity index (χ1n) is 10.7. The molecule has 0 unspecified atom stereocenters. The van der Waals surface area contributed by atoms with Crippen LogP contribution in [0.15, 0.2) is 0 Å². The first-order valence-corrected chi connectivity index (χ1v) is 10.7. The number of hydrogen-bond donors (Lipinski definition) is 0. The van der Waals surface area contributed by atoms with Crippen molar-refractivity contribution in [2.75, 3.05) is 0 Å². The van der Waals surface area contributed by atoms with Crippen LogP contribution in [0, 0.1) is 32.5 Å². The van der Waals surface area contributed by atoms with Crippen LogP contribution in [0.2, 0.25) is 0 Å². The van der Waals surface area contributed by atoms with Crippen molar-refractivity contribution in [2.24, 2.45) is 32.5 Å². The Morgan fingerprint density at radius 3 is 0.741 bits per heavy atom. The SMILES string of the molecule is CC(C)(C)C1(C(F)(F)F)CC1.CC(C)(C)C1(C)CC1.CC(C)(C)C1(C)CC1. The molecule has 0 bridgehead atoms. The Labute approximate surface area is 167 Å². The summed E-state index contributed by atoms with van der Waals surface area (Å²) in [7, 11) is 0. The molecule has 3 aliphatic rings. The lowest BCUT2D eigenvalue weighted by Gasteiger charge is -2.32. The number of alkyl halides is 3. The summed E-state index contributed by atoms with van der Waals surface area (Å²) in [5.74, 6) is 0. The van der Waals surface area contributed by atoms with Crippen molar-refractivity contribution in [3.63, 3.8) is 0 Å². The maximum Gasteiger partial charge on any atom is 0.395 e. The summed E-state index contributed by atoms with van der Waals surface area (Å²) in [5, 5.41) is 0. The molecule has 0 amide bonds. The largest absolute Gasteiger partial charge is 0.395 e. The summed E-state index contributed by atoms with van der Waals surface area (Å²) in [6, 6.07) is 0. The number of halogens is 3. The zero-order chi connectivity index (χ0) is 21.7. The van der Waals surface area contributed by atoms with Gasteiger partial charge in [-0.15, -0.1) is 0 Å². The van der Waals surface area contributed by atoms with Gasteiger partial charge in [0.1, 0.15) is 0 Å². The Kier molecular flexibility index (Phi) is 6.38. The topological polar surface area (TPSA) is 0 Å². The van der Waals surface area contributed by atoms with Gasteiger partial charge in [-0.25, -0.2) is 0 Å². The van der Waals surface area contributed by atoms with Crippen LogP contribution < -0.4 is 0 Å². The van der Waals surface area contributed by atoms with Crippen LogP contribution in [0.4, 0.5) is 13.2 Å². The highest BCUT2D eigenvalue weighted by atomic mass is 19.4. The van der Waals surface area contributed by atoms with E-state index in [0.29, 0.717) is 34.5 Å². The molecule has 0 aliphatic heterocycles.